The van der Waals surface area contributed by atoms with Crippen LogP contribution in [0.5, 0.6) is 0 Å². The fraction of sp³-hybridized carbons (Fsp3) is 0.136. The maximum atomic E-state index is 12.9. The van der Waals surface area contributed by atoms with Crippen molar-refractivity contribution in [2.45, 2.75) is 12.5 Å². The van der Waals surface area contributed by atoms with Crippen LogP contribution in [0, 0.1) is 0 Å². The molecule has 1 N–H and O–H groups in total. The van der Waals surface area contributed by atoms with Crippen molar-refractivity contribution in [3.63, 3.8) is 0 Å². The fourth-order valence-corrected chi connectivity index (χ4v) is 3.73. The number of nitrogens with one attached hydrogen (secondary N) is 1. The van der Waals surface area contributed by atoms with Gasteiger partial charge in [-0.2, -0.15) is 0 Å². The lowest BCUT2D eigenvalue weighted by molar-refractivity contribution is -0.120. The van der Waals surface area contributed by atoms with Gasteiger partial charge in [0.25, 0.3) is 5.91 Å². The first-order valence-electron chi connectivity index (χ1n) is 8.91. The molecule has 2 amide bonds. The van der Waals surface area contributed by atoms with Crippen LogP contribution in [-0.2, 0) is 11.2 Å². The zero-order valence-corrected chi connectivity index (χ0v) is 16.0. The van der Waals surface area contributed by atoms with E-state index in [0.29, 0.717) is 22.7 Å². The highest BCUT2D eigenvalue weighted by atomic mass is 35.5. The molecule has 28 heavy (non-hydrogen) atoms. The Balaban J connectivity index is 1.58. The molecule has 1 aliphatic rings. The molecular weight excluding hydrogens is 374 g/mol. The first kappa shape index (κ1) is 18.2. The highest BCUT2D eigenvalue weighted by Gasteiger charge is 2.33. The van der Waals surface area contributed by atoms with Crippen molar-refractivity contribution in [2.24, 2.45) is 0 Å². The van der Waals surface area contributed by atoms with Gasteiger partial charge in [-0.25, -0.2) is 0 Å². The molecule has 1 aliphatic heterocycles. The lowest BCUT2D eigenvalue weighted by atomic mass is 10.0. The van der Waals surface area contributed by atoms with Crippen LogP contribution < -0.4 is 10.2 Å². The van der Waals surface area contributed by atoms with Gasteiger partial charge < -0.3 is 10.2 Å². The van der Waals surface area contributed by atoms with Gasteiger partial charge >= 0.3 is 0 Å². The van der Waals surface area contributed by atoms with Crippen molar-refractivity contribution < 1.29 is 9.59 Å². The van der Waals surface area contributed by atoms with Gasteiger partial charge in [0.15, 0.2) is 0 Å². The number of aromatic nitrogens is 1. The molecule has 0 fully saturated rings. The van der Waals surface area contributed by atoms with Crippen molar-refractivity contribution in [2.75, 3.05) is 11.9 Å². The van der Waals surface area contributed by atoms with Gasteiger partial charge in [0.05, 0.1) is 16.3 Å². The predicted molar refractivity (Wildman–Crippen MR) is 109 cm³/mol. The molecule has 0 aliphatic carbocycles. The van der Waals surface area contributed by atoms with Gasteiger partial charge in [-0.3, -0.25) is 14.6 Å². The van der Waals surface area contributed by atoms with E-state index in [1.54, 1.807) is 37.6 Å². The number of nitrogens with zero attached hydrogens (tertiary/aromatic N) is 2. The number of amides is 2. The van der Waals surface area contributed by atoms with Crippen LogP contribution in [0.4, 0.5) is 5.69 Å². The summed E-state index contributed by atoms with van der Waals surface area (Å²) >= 11 is 6.25. The van der Waals surface area contributed by atoms with Crippen molar-refractivity contribution in [3.05, 3.63) is 83.1 Å². The highest BCUT2D eigenvalue weighted by molar-refractivity contribution is 6.35. The van der Waals surface area contributed by atoms with Crippen molar-refractivity contribution in [1.29, 1.82) is 0 Å². The third-order valence-corrected chi connectivity index (χ3v) is 5.21. The summed E-state index contributed by atoms with van der Waals surface area (Å²) in [6.45, 7) is 0. The van der Waals surface area contributed by atoms with Gasteiger partial charge in [0.1, 0.15) is 6.04 Å². The van der Waals surface area contributed by atoms with E-state index < -0.39 is 6.04 Å². The molecule has 0 bridgehead atoms. The van der Waals surface area contributed by atoms with Crippen LogP contribution in [0.2, 0.25) is 5.02 Å². The summed E-state index contributed by atoms with van der Waals surface area (Å²) in [5.74, 6) is -0.494. The third-order valence-electron chi connectivity index (χ3n) is 4.91. The number of carbonyl (C=O) groups is 2. The van der Waals surface area contributed by atoms with E-state index in [9.17, 15) is 9.59 Å². The molecule has 0 spiro atoms. The lowest BCUT2D eigenvalue weighted by Gasteiger charge is -2.21. The Labute approximate surface area is 168 Å². The minimum absolute atomic E-state index is 0.196. The van der Waals surface area contributed by atoms with Crippen LogP contribution in [0.1, 0.15) is 15.9 Å². The average Bonchev–Trinajstić information content (AvgIpc) is 2.81. The Morgan fingerprint density at radius 1 is 1.00 bits per heavy atom. The molecule has 6 heteroatoms. The molecule has 0 radical (unpaired) electrons. The molecule has 140 valence electrons. The first-order chi connectivity index (χ1) is 13.5. The maximum Gasteiger partial charge on any atom is 0.254 e. The topological polar surface area (TPSA) is 62.3 Å². The van der Waals surface area contributed by atoms with Gasteiger partial charge in [-0.05, 0) is 41.0 Å². The molecule has 0 unspecified atom stereocenters. The maximum absolute atomic E-state index is 12.9. The number of halogens is 1. The number of anilines is 1. The molecule has 3 aromatic rings. The Kier molecular flexibility index (Phi) is 4.84. The molecule has 4 rings (SSSR count). The largest absolute Gasteiger partial charge is 0.340 e. The molecule has 5 nitrogen and oxygen atoms in total. The number of para-hydroxylation sites is 1. The molecule has 2 heterocycles. The summed E-state index contributed by atoms with van der Waals surface area (Å²) < 4.78 is 0. The summed E-state index contributed by atoms with van der Waals surface area (Å²) in [7, 11) is 1.65. The number of hydrogen-bond donors (Lipinski definition) is 1. The van der Waals surface area contributed by atoms with Crippen molar-refractivity contribution in [1.82, 2.24) is 10.3 Å². The fourth-order valence-electron chi connectivity index (χ4n) is 3.43. The zero-order valence-electron chi connectivity index (χ0n) is 15.2. The van der Waals surface area contributed by atoms with E-state index in [2.05, 4.69) is 10.3 Å². The number of rotatable bonds is 3. The van der Waals surface area contributed by atoms with Crippen LogP contribution in [0.3, 0.4) is 0 Å². The Morgan fingerprint density at radius 3 is 2.39 bits per heavy atom. The van der Waals surface area contributed by atoms with E-state index in [1.165, 1.54) is 4.90 Å². The standard InChI is InChI=1S/C22H18ClN3O2/c1-26-20-17(3-2-4-18(20)23)21(27)25-19(22(26)28)13-14-5-7-15(8-6-14)16-9-11-24-12-10-16/h2-12,19H,13H2,1H3,(H,25,27)/t19-/m1/s1. The van der Waals surface area contributed by atoms with Crippen LogP contribution in [-0.4, -0.2) is 29.9 Å². The summed E-state index contributed by atoms with van der Waals surface area (Å²) in [6.07, 6.45) is 3.90. The summed E-state index contributed by atoms with van der Waals surface area (Å²) in [6, 6.07) is 16.2. The second-order valence-corrected chi connectivity index (χ2v) is 7.10. The molecule has 0 saturated carbocycles. The van der Waals surface area contributed by atoms with E-state index in [1.807, 2.05) is 36.4 Å². The van der Waals surface area contributed by atoms with Crippen LogP contribution in [0.25, 0.3) is 11.1 Å². The smallest absolute Gasteiger partial charge is 0.254 e. The van der Waals surface area contributed by atoms with Crippen LogP contribution >= 0.6 is 11.6 Å². The quantitative estimate of drug-likeness (QED) is 0.740. The lowest BCUT2D eigenvalue weighted by Crippen LogP contribution is -2.45. The van der Waals surface area contributed by atoms with Crippen LogP contribution in [0.15, 0.2) is 67.0 Å². The molecule has 0 saturated heterocycles. The van der Waals surface area contributed by atoms with Gasteiger partial charge in [-0.15, -0.1) is 0 Å². The van der Waals surface area contributed by atoms with Gasteiger partial charge in [0.2, 0.25) is 5.91 Å². The number of pyridine rings is 1. The zero-order chi connectivity index (χ0) is 19.7. The predicted octanol–water partition coefficient (Wildman–Crippen LogP) is 3.72. The number of fused-ring (bicyclic) bond motifs is 1. The van der Waals surface area contributed by atoms with E-state index in [0.717, 1.165) is 16.7 Å². The second kappa shape index (κ2) is 7.44. The highest BCUT2D eigenvalue weighted by Crippen LogP contribution is 2.31. The second-order valence-electron chi connectivity index (χ2n) is 6.70. The van der Waals surface area contributed by atoms with E-state index in [-0.39, 0.29) is 11.8 Å². The van der Waals surface area contributed by atoms with Crippen molar-refractivity contribution in [3.8, 4) is 11.1 Å². The van der Waals surface area contributed by atoms with E-state index >= 15 is 0 Å². The Bertz CT molecular complexity index is 1040. The van der Waals surface area contributed by atoms with Gasteiger partial charge in [-0.1, -0.05) is 41.9 Å². The third kappa shape index (κ3) is 3.37. The molecule has 2 aromatic carbocycles. The normalized spacial score (nSPS) is 16.4. The van der Waals surface area contributed by atoms with Crippen molar-refractivity contribution >= 4 is 29.1 Å². The minimum atomic E-state index is -0.659. The van der Waals surface area contributed by atoms with E-state index in [4.69, 9.17) is 11.6 Å². The first-order valence-corrected chi connectivity index (χ1v) is 9.28. The molecule has 1 atom stereocenters. The number of benzene rings is 2. The summed E-state index contributed by atoms with van der Waals surface area (Å²) in [4.78, 5) is 31.1. The number of likely N-dealkylation sites (N-methyl/N-ethyl adjacent to an activating group) is 1. The van der Waals surface area contributed by atoms with Gasteiger partial charge in [0, 0.05) is 25.9 Å². The summed E-state index contributed by atoms with van der Waals surface area (Å²) in [5.41, 5.74) is 3.95. The average molecular weight is 392 g/mol. The Hall–Kier alpha value is -3.18. The minimum Gasteiger partial charge on any atom is -0.340 e. The Morgan fingerprint density at radius 2 is 1.68 bits per heavy atom. The molecule has 1 aromatic heterocycles. The monoisotopic (exact) mass is 391 g/mol. The SMILES string of the molecule is CN1C(=O)[C@@H](Cc2ccc(-c3ccncc3)cc2)NC(=O)c2cccc(Cl)c21. The summed E-state index contributed by atoms with van der Waals surface area (Å²) in [5, 5.41) is 3.22. The molecular formula is C22H18ClN3O2. The number of hydrogen-bond acceptors (Lipinski definition) is 3. The number of carbonyl (C=O) groups excluding carboxylic acids is 2.